The normalized spacial score (nSPS) is 10.5. The van der Waals surface area contributed by atoms with Gasteiger partial charge < -0.3 is 5.32 Å². The summed E-state index contributed by atoms with van der Waals surface area (Å²) in [6.07, 6.45) is 3.17. The number of benzene rings is 2. The molecule has 1 amide bonds. The molecule has 0 fully saturated rings. The maximum atomic E-state index is 12.3. The zero-order valence-electron chi connectivity index (χ0n) is 12.5. The van der Waals surface area contributed by atoms with Crippen molar-refractivity contribution in [2.24, 2.45) is 0 Å². The summed E-state index contributed by atoms with van der Waals surface area (Å²) in [7, 11) is 0. The van der Waals surface area contributed by atoms with Crippen LogP contribution < -0.4 is 5.32 Å². The highest BCUT2D eigenvalue weighted by molar-refractivity contribution is 14.1. The smallest absolute Gasteiger partial charge is 0.255 e. The molecule has 0 saturated carbocycles. The van der Waals surface area contributed by atoms with Crippen molar-refractivity contribution >= 4 is 34.2 Å². The molecule has 3 rings (SSSR count). The summed E-state index contributed by atoms with van der Waals surface area (Å²) >= 11 is 2.26. The molecule has 1 heterocycles. The quantitative estimate of drug-likeness (QED) is 0.660. The summed E-state index contributed by atoms with van der Waals surface area (Å²) in [5.41, 5.74) is 3.69. The molecular formula is C17H15IN4O. The van der Waals surface area contributed by atoms with Crippen molar-refractivity contribution in [3.63, 3.8) is 0 Å². The van der Waals surface area contributed by atoms with Crippen LogP contribution in [0.5, 0.6) is 0 Å². The number of hydrogen-bond donors (Lipinski definition) is 1. The summed E-state index contributed by atoms with van der Waals surface area (Å²) in [4.78, 5) is 16.2. The molecule has 0 aliphatic rings. The molecule has 6 heteroatoms. The number of rotatable bonds is 4. The van der Waals surface area contributed by atoms with Gasteiger partial charge in [-0.25, -0.2) is 9.67 Å². The van der Waals surface area contributed by atoms with Crippen LogP contribution in [0.25, 0.3) is 0 Å². The Bertz CT molecular complexity index is 813. The van der Waals surface area contributed by atoms with E-state index in [-0.39, 0.29) is 5.91 Å². The number of amides is 1. The highest BCUT2D eigenvalue weighted by Crippen LogP contribution is 2.18. The minimum Gasteiger partial charge on any atom is -0.322 e. The Kier molecular flexibility index (Phi) is 4.71. The maximum Gasteiger partial charge on any atom is 0.255 e. The number of anilines is 1. The average Bonchev–Trinajstić information content (AvgIpc) is 3.04. The van der Waals surface area contributed by atoms with Gasteiger partial charge in [0.25, 0.3) is 5.91 Å². The summed E-state index contributed by atoms with van der Waals surface area (Å²) in [6.45, 7) is 2.68. The fraction of sp³-hybridized carbons (Fsp3) is 0.118. The van der Waals surface area contributed by atoms with Crippen molar-refractivity contribution in [2.45, 2.75) is 13.5 Å². The first-order valence-electron chi connectivity index (χ1n) is 7.11. The SMILES string of the molecule is Cc1ccc(NC(=O)c2ccc(Cn3cncn3)cc2)cc1I. The highest BCUT2D eigenvalue weighted by Gasteiger charge is 2.07. The molecule has 0 aliphatic carbocycles. The first-order chi connectivity index (χ1) is 11.1. The predicted molar refractivity (Wildman–Crippen MR) is 97.4 cm³/mol. The number of carbonyl (C=O) groups excluding carboxylic acids is 1. The maximum absolute atomic E-state index is 12.3. The van der Waals surface area contributed by atoms with E-state index in [0.717, 1.165) is 14.8 Å². The highest BCUT2D eigenvalue weighted by atomic mass is 127. The van der Waals surface area contributed by atoms with Gasteiger partial charge in [0.1, 0.15) is 12.7 Å². The molecular weight excluding hydrogens is 403 g/mol. The van der Waals surface area contributed by atoms with Gasteiger partial charge in [0.2, 0.25) is 0 Å². The fourth-order valence-corrected chi connectivity index (χ4v) is 2.65. The van der Waals surface area contributed by atoms with Crippen LogP contribution in [0, 0.1) is 10.5 Å². The Morgan fingerprint density at radius 3 is 2.65 bits per heavy atom. The second kappa shape index (κ2) is 6.91. The first kappa shape index (κ1) is 15.7. The van der Waals surface area contributed by atoms with Gasteiger partial charge in [0.15, 0.2) is 0 Å². The van der Waals surface area contributed by atoms with Gasteiger partial charge in [-0.3, -0.25) is 4.79 Å². The largest absolute Gasteiger partial charge is 0.322 e. The number of aryl methyl sites for hydroxylation is 1. The molecule has 1 aromatic heterocycles. The Labute approximate surface area is 147 Å². The van der Waals surface area contributed by atoms with Crippen molar-refractivity contribution < 1.29 is 4.79 Å². The number of carbonyl (C=O) groups is 1. The summed E-state index contributed by atoms with van der Waals surface area (Å²) < 4.78 is 2.87. The Balaban J connectivity index is 1.68. The molecule has 0 bridgehead atoms. The van der Waals surface area contributed by atoms with Gasteiger partial charge in [-0.1, -0.05) is 18.2 Å². The Morgan fingerprint density at radius 2 is 2.00 bits per heavy atom. The summed E-state index contributed by atoms with van der Waals surface area (Å²) in [6, 6.07) is 13.4. The zero-order valence-corrected chi connectivity index (χ0v) is 14.7. The van der Waals surface area contributed by atoms with Crippen molar-refractivity contribution in [3.05, 3.63) is 75.4 Å². The number of hydrogen-bond acceptors (Lipinski definition) is 3. The third kappa shape index (κ3) is 3.95. The molecule has 23 heavy (non-hydrogen) atoms. The molecule has 0 aliphatic heterocycles. The topological polar surface area (TPSA) is 59.8 Å². The van der Waals surface area contributed by atoms with Crippen molar-refractivity contribution in [1.29, 1.82) is 0 Å². The van der Waals surface area contributed by atoms with Gasteiger partial charge in [-0.2, -0.15) is 5.10 Å². The van der Waals surface area contributed by atoms with Crippen LogP contribution in [0.4, 0.5) is 5.69 Å². The first-order valence-corrected chi connectivity index (χ1v) is 8.18. The van der Waals surface area contributed by atoms with E-state index in [9.17, 15) is 4.79 Å². The second-order valence-corrected chi connectivity index (χ2v) is 6.37. The van der Waals surface area contributed by atoms with Crippen LogP contribution in [0.1, 0.15) is 21.5 Å². The molecule has 0 spiro atoms. The van der Waals surface area contributed by atoms with Crippen molar-refractivity contribution in [3.8, 4) is 0 Å². The summed E-state index contributed by atoms with van der Waals surface area (Å²) in [5.74, 6) is -0.114. The molecule has 0 unspecified atom stereocenters. The third-order valence-electron chi connectivity index (χ3n) is 3.46. The number of nitrogens with zero attached hydrogens (tertiary/aromatic N) is 3. The minimum absolute atomic E-state index is 0.114. The fourth-order valence-electron chi connectivity index (χ4n) is 2.14. The molecule has 5 nitrogen and oxygen atoms in total. The van der Waals surface area contributed by atoms with E-state index < -0.39 is 0 Å². The zero-order chi connectivity index (χ0) is 16.2. The van der Waals surface area contributed by atoms with Gasteiger partial charge in [-0.05, 0) is 64.9 Å². The molecule has 1 N–H and O–H groups in total. The number of nitrogens with one attached hydrogen (secondary N) is 1. The Hall–Kier alpha value is -2.22. The van der Waals surface area contributed by atoms with E-state index in [2.05, 4.69) is 38.0 Å². The van der Waals surface area contributed by atoms with Gasteiger partial charge in [0.05, 0.1) is 6.54 Å². The lowest BCUT2D eigenvalue weighted by Crippen LogP contribution is -2.12. The third-order valence-corrected chi connectivity index (χ3v) is 4.62. The minimum atomic E-state index is -0.114. The van der Waals surface area contributed by atoms with Crippen LogP contribution in [0.15, 0.2) is 55.1 Å². The molecule has 2 aromatic carbocycles. The van der Waals surface area contributed by atoms with E-state index in [1.807, 2.05) is 49.4 Å². The molecule has 0 radical (unpaired) electrons. The molecule has 0 atom stereocenters. The Morgan fingerprint density at radius 1 is 1.22 bits per heavy atom. The second-order valence-electron chi connectivity index (χ2n) is 5.21. The predicted octanol–water partition coefficient (Wildman–Crippen LogP) is 3.49. The lowest BCUT2D eigenvalue weighted by Gasteiger charge is -2.08. The van der Waals surface area contributed by atoms with E-state index in [1.165, 1.54) is 11.9 Å². The lowest BCUT2D eigenvalue weighted by molar-refractivity contribution is 0.102. The standard InChI is InChI=1S/C17H15IN4O/c1-12-2-7-15(8-16(12)18)21-17(23)14-5-3-13(4-6-14)9-22-11-19-10-20-22/h2-8,10-11H,9H2,1H3,(H,21,23). The molecule has 0 saturated heterocycles. The summed E-state index contributed by atoms with van der Waals surface area (Å²) in [5, 5.41) is 6.99. The van der Waals surface area contributed by atoms with Gasteiger partial charge >= 0.3 is 0 Å². The average molecular weight is 418 g/mol. The van der Waals surface area contributed by atoms with Crippen LogP contribution >= 0.6 is 22.6 Å². The monoisotopic (exact) mass is 418 g/mol. The van der Waals surface area contributed by atoms with Crippen LogP contribution in [-0.4, -0.2) is 20.7 Å². The van der Waals surface area contributed by atoms with E-state index in [4.69, 9.17) is 0 Å². The molecule has 3 aromatic rings. The number of halogens is 1. The van der Waals surface area contributed by atoms with Gasteiger partial charge in [0, 0.05) is 14.8 Å². The van der Waals surface area contributed by atoms with Crippen LogP contribution in [-0.2, 0) is 6.54 Å². The van der Waals surface area contributed by atoms with Crippen molar-refractivity contribution in [1.82, 2.24) is 14.8 Å². The van der Waals surface area contributed by atoms with E-state index in [1.54, 1.807) is 11.0 Å². The lowest BCUT2D eigenvalue weighted by atomic mass is 10.1. The molecule has 116 valence electrons. The van der Waals surface area contributed by atoms with E-state index in [0.29, 0.717) is 12.1 Å². The van der Waals surface area contributed by atoms with E-state index >= 15 is 0 Å². The number of aromatic nitrogens is 3. The van der Waals surface area contributed by atoms with Crippen LogP contribution in [0.2, 0.25) is 0 Å². The van der Waals surface area contributed by atoms with Crippen molar-refractivity contribution in [2.75, 3.05) is 5.32 Å². The van der Waals surface area contributed by atoms with Crippen LogP contribution in [0.3, 0.4) is 0 Å². The van der Waals surface area contributed by atoms with Gasteiger partial charge in [-0.15, -0.1) is 0 Å².